The Morgan fingerprint density at radius 1 is 0.612 bits per heavy atom. The minimum atomic E-state index is -0.660. The summed E-state index contributed by atoms with van der Waals surface area (Å²) in [5.41, 5.74) is 15.3. The molecule has 4 aromatic carbocycles. The van der Waals surface area contributed by atoms with Crippen LogP contribution in [0.3, 0.4) is 0 Å². The van der Waals surface area contributed by atoms with Gasteiger partial charge < -0.3 is 42.8 Å². The molecule has 2 atom stereocenters. The lowest BCUT2D eigenvalue weighted by Gasteiger charge is -2.22. The van der Waals surface area contributed by atoms with Crippen LogP contribution in [0.5, 0.6) is 11.5 Å². The van der Waals surface area contributed by atoms with Gasteiger partial charge >= 0.3 is 11.9 Å². The lowest BCUT2D eigenvalue weighted by atomic mass is 10.0. The maximum absolute atomic E-state index is 12.0. The molecule has 0 unspecified atom stereocenters. The van der Waals surface area contributed by atoms with Crippen molar-refractivity contribution >= 4 is 11.9 Å². The van der Waals surface area contributed by atoms with Gasteiger partial charge in [0.05, 0.1) is 14.2 Å². The van der Waals surface area contributed by atoms with Gasteiger partial charge in [0.25, 0.3) is 0 Å². The van der Waals surface area contributed by atoms with Gasteiger partial charge in [-0.2, -0.15) is 0 Å². The molecule has 0 heterocycles. The fraction of sp³-hybridized carbons (Fsp3) is 0.350. The first-order chi connectivity index (χ1) is 22.6. The van der Waals surface area contributed by atoms with E-state index >= 15 is 0 Å². The molecular weight excluding hydrogens is 640 g/mol. The molecule has 0 aliphatic rings. The van der Waals surface area contributed by atoms with E-state index in [-0.39, 0.29) is 24.3 Å². The van der Waals surface area contributed by atoms with Crippen LogP contribution in [0, 0.1) is 0 Å². The van der Waals surface area contributed by atoms with Crippen molar-refractivity contribution in [3.05, 3.63) is 108 Å². The molecule has 49 heavy (non-hydrogen) atoms. The maximum atomic E-state index is 12.0. The Labute approximate surface area is 297 Å². The van der Waals surface area contributed by atoms with E-state index in [4.69, 9.17) is 24.7 Å². The first-order valence-electron chi connectivity index (χ1n) is 16.1. The standard InChI is InChI=1S/2C20H25NO3.ClH/c2*1-20(2,3)24-19(22)18(21)12-14-8-10-15(11-9-14)16-6-5-7-17(13-16)23-4;/h2*5-11,13,18H,12,21H2,1-4H3;1H/t2*18-;/m00./s1. The molecule has 8 nitrogen and oxygen atoms in total. The number of benzene rings is 4. The Hall–Kier alpha value is -4.37. The molecule has 0 amide bonds. The Morgan fingerprint density at radius 3 is 1.39 bits per heavy atom. The smallest absolute Gasteiger partial charge is 0.365 e. The Morgan fingerprint density at radius 2 is 1.00 bits per heavy atom. The van der Waals surface area contributed by atoms with Crippen LogP contribution in [0.2, 0.25) is 0 Å². The molecule has 0 radical (unpaired) electrons. The van der Waals surface area contributed by atoms with Crippen molar-refractivity contribution in [3.63, 3.8) is 0 Å². The number of ether oxygens (including phenoxy) is 4. The molecule has 0 spiro atoms. The van der Waals surface area contributed by atoms with Crippen LogP contribution in [-0.4, -0.2) is 49.4 Å². The number of rotatable bonds is 10. The zero-order valence-corrected chi connectivity index (χ0v) is 30.7. The first kappa shape index (κ1) is 40.8. The van der Waals surface area contributed by atoms with Crippen LogP contribution in [0.4, 0.5) is 0 Å². The van der Waals surface area contributed by atoms with Crippen molar-refractivity contribution in [2.45, 2.75) is 77.7 Å². The molecule has 0 aliphatic heterocycles. The first-order valence-corrected chi connectivity index (χ1v) is 16.1. The summed E-state index contributed by atoms with van der Waals surface area (Å²) in [5, 5.41) is 0. The number of hydrogen-bond acceptors (Lipinski definition) is 7. The zero-order valence-electron chi connectivity index (χ0n) is 29.9. The second kappa shape index (κ2) is 18.4. The van der Waals surface area contributed by atoms with Gasteiger partial charge in [0.1, 0.15) is 28.7 Å². The van der Waals surface area contributed by atoms with E-state index in [0.29, 0.717) is 12.8 Å². The van der Waals surface area contributed by atoms with Crippen molar-refractivity contribution < 1.29 is 46.7 Å². The molecule has 4 aromatic rings. The van der Waals surface area contributed by atoms with Crippen LogP contribution in [0.15, 0.2) is 97.1 Å². The number of nitrogens with two attached hydrogens (primary N) is 1. The van der Waals surface area contributed by atoms with Crippen LogP contribution in [0.1, 0.15) is 52.7 Å². The Balaban J connectivity index is 0.000000333. The van der Waals surface area contributed by atoms with Gasteiger partial charge in [-0.25, -0.2) is 4.79 Å². The number of carbonyl (C=O) groups is 2. The van der Waals surface area contributed by atoms with Gasteiger partial charge in [0, 0.05) is 6.42 Å². The summed E-state index contributed by atoms with van der Waals surface area (Å²) in [7, 11) is 3.31. The number of quaternary nitrogens is 1. The number of hydrogen-bond donors (Lipinski definition) is 2. The highest BCUT2D eigenvalue weighted by Gasteiger charge is 2.25. The van der Waals surface area contributed by atoms with Crippen molar-refractivity contribution in [1.29, 1.82) is 0 Å². The van der Waals surface area contributed by atoms with E-state index in [2.05, 4.69) is 5.73 Å². The Bertz CT molecular complexity index is 1500. The lowest BCUT2D eigenvalue weighted by Crippen LogP contribution is -3.00. The minimum absolute atomic E-state index is 0. The minimum Gasteiger partial charge on any atom is -1.00 e. The van der Waals surface area contributed by atoms with Gasteiger partial charge in [-0.05, 0) is 106 Å². The summed E-state index contributed by atoms with van der Waals surface area (Å²) in [4.78, 5) is 24.0. The van der Waals surface area contributed by atoms with Gasteiger partial charge in [0.15, 0.2) is 6.04 Å². The topological polar surface area (TPSA) is 125 Å². The average molecular weight is 691 g/mol. The predicted molar refractivity (Wildman–Crippen MR) is 191 cm³/mol. The fourth-order valence-corrected chi connectivity index (χ4v) is 4.74. The number of methoxy groups -OCH3 is 2. The second-order valence-electron chi connectivity index (χ2n) is 13.6. The van der Waals surface area contributed by atoms with E-state index in [1.807, 2.05) is 139 Å². The van der Waals surface area contributed by atoms with E-state index < -0.39 is 23.3 Å². The van der Waals surface area contributed by atoms with Gasteiger partial charge in [-0.15, -0.1) is 0 Å². The van der Waals surface area contributed by atoms with Crippen molar-refractivity contribution in [3.8, 4) is 33.8 Å². The van der Waals surface area contributed by atoms with Crippen molar-refractivity contribution in [1.82, 2.24) is 0 Å². The zero-order chi connectivity index (χ0) is 35.5. The number of halogens is 1. The quantitative estimate of drug-likeness (QED) is 0.245. The third kappa shape index (κ3) is 13.9. The molecule has 0 bridgehead atoms. The maximum Gasteiger partial charge on any atom is 0.365 e. The summed E-state index contributed by atoms with van der Waals surface area (Å²) >= 11 is 0. The predicted octanol–water partition coefficient (Wildman–Crippen LogP) is 3.43. The fourth-order valence-electron chi connectivity index (χ4n) is 4.74. The lowest BCUT2D eigenvalue weighted by molar-refractivity contribution is -0.409. The van der Waals surface area contributed by atoms with E-state index in [9.17, 15) is 9.59 Å². The summed E-state index contributed by atoms with van der Waals surface area (Å²) in [6.07, 6.45) is 1.01. The molecule has 9 heteroatoms. The van der Waals surface area contributed by atoms with Crippen molar-refractivity contribution in [2.24, 2.45) is 5.73 Å². The van der Waals surface area contributed by atoms with Gasteiger partial charge in [-0.3, -0.25) is 4.79 Å². The molecule has 264 valence electrons. The van der Waals surface area contributed by atoms with E-state index in [1.165, 1.54) is 0 Å². The van der Waals surface area contributed by atoms with Crippen molar-refractivity contribution in [2.75, 3.05) is 14.2 Å². The SMILES string of the molecule is COc1cccc(-c2ccc(C[C@H](N)C(=O)OC(C)(C)C)cc2)c1.COc1cccc(-c2ccc(C[C@H]([NH3+])C(=O)OC(C)(C)C)cc2)c1.[Cl-]. The summed E-state index contributed by atoms with van der Waals surface area (Å²) in [6, 6.07) is 30.9. The average Bonchev–Trinajstić information content (AvgIpc) is 3.04. The second-order valence-corrected chi connectivity index (χ2v) is 13.6. The van der Waals surface area contributed by atoms with Crippen LogP contribution in [-0.2, 0) is 31.9 Å². The van der Waals surface area contributed by atoms with E-state index in [1.54, 1.807) is 14.2 Å². The highest BCUT2D eigenvalue weighted by molar-refractivity contribution is 5.76. The normalized spacial score (nSPS) is 12.3. The molecular formula is C40H51ClN2O6. The Kier molecular flexibility index (Phi) is 15.3. The molecule has 0 saturated carbocycles. The summed E-state index contributed by atoms with van der Waals surface area (Å²) in [5.74, 6) is 1.02. The molecule has 4 rings (SSSR count). The largest absolute Gasteiger partial charge is 1.00 e. The van der Waals surface area contributed by atoms with Crippen LogP contribution < -0.4 is 33.3 Å². The monoisotopic (exact) mass is 690 g/mol. The van der Waals surface area contributed by atoms with E-state index in [0.717, 1.165) is 44.9 Å². The highest BCUT2D eigenvalue weighted by Crippen LogP contribution is 2.26. The summed E-state index contributed by atoms with van der Waals surface area (Å²) < 4.78 is 21.2. The molecule has 0 saturated heterocycles. The molecule has 0 aromatic heterocycles. The molecule has 5 N–H and O–H groups in total. The molecule has 0 fully saturated rings. The number of carbonyl (C=O) groups excluding carboxylic acids is 2. The van der Waals surface area contributed by atoms with Gasteiger partial charge in [-0.1, -0.05) is 72.8 Å². The highest BCUT2D eigenvalue weighted by atomic mass is 35.5. The van der Waals surface area contributed by atoms with Crippen LogP contribution >= 0.6 is 0 Å². The van der Waals surface area contributed by atoms with Gasteiger partial charge in [0.2, 0.25) is 0 Å². The molecule has 0 aliphatic carbocycles. The summed E-state index contributed by atoms with van der Waals surface area (Å²) in [6.45, 7) is 11.1. The third-order valence-corrected chi connectivity index (χ3v) is 7.10. The van der Waals surface area contributed by atoms with Crippen LogP contribution in [0.25, 0.3) is 22.3 Å². The number of esters is 2. The third-order valence-electron chi connectivity index (χ3n) is 7.10.